The van der Waals surface area contributed by atoms with Crippen LogP contribution >= 0.6 is 15.9 Å². The lowest BCUT2D eigenvalue weighted by Gasteiger charge is -1.87. The van der Waals surface area contributed by atoms with Crippen molar-refractivity contribution in [3.63, 3.8) is 0 Å². The van der Waals surface area contributed by atoms with Crippen molar-refractivity contribution in [3.8, 4) is 0 Å². The van der Waals surface area contributed by atoms with E-state index in [1.54, 1.807) is 0 Å². The summed E-state index contributed by atoms with van der Waals surface area (Å²) in [4.78, 5) is 7.62. The van der Waals surface area contributed by atoms with Crippen LogP contribution in [0.4, 0.5) is 0 Å². The van der Waals surface area contributed by atoms with Gasteiger partial charge in [0.05, 0.1) is 11.0 Å². The van der Waals surface area contributed by atoms with Crippen molar-refractivity contribution in [2.24, 2.45) is 0 Å². The number of H-pyrrole nitrogens is 1. The molecule has 2 rings (SSSR count). The molecule has 1 N–H and O–H groups in total. The van der Waals surface area contributed by atoms with E-state index in [-0.39, 0.29) is 0 Å². The number of allylic oxidation sites excluding steroid dienone is 1. The largest absolute Gasteiger partial charge is 0.342 e. The van der Waals surface area contributed by atoms with Crippen molar-refractivity contribution in [3.05, 3.63) is 41.2 Å². The van der Waals surface area contributed by atoms with Gasteiger partial charge in [-0.05, 0) is 18.2 Å². The molecule has 0 aliphatic carbocycles. The first-order chi connectivity index (χ1) is 6.29. The van der Waals surface area contributed by atoms with E-state index in [0.717, 1.165) is 27.8 Å². The van der Waals surface area contributed by atoms with Crippen LogP contribution in [0.25, 0.3) is 11.0 Å². The molecule has 1 aromatic carbocycles. The Morgan fingerprint density at radius 3 is 3.15 bits per heavy atom. The second kappa shape index (κ2) is 3.34. The lowest BCUT2D eigenvalue weighted by atomic mass is 10.3. The second-order valence-corrected chi connectivity index (χ2v) is 3.75. The summed E-state index contributed by atoms with van der Waals surface area (Å²) in [6.07, 6.45) is 2.62. The van der Waals surface area contributed by atoms with Gasteiger partial charge in [-0.15, -0.1) is 6.58 Å². The quantitative estimate of drug-likeness (QED) is 0.799. The van der Waals surface area contributed by atoms with Gasteiger partial charge in [0, 0.05) is 10.9 Å². The Labute approximate surface area is 84.8 Å². The number of hydrogen-bond acceptors (Lipinski definition) is 1. The summed E-state index contributed by atoms with van der Waals surface area (Å²) in [7, 11) is 0. The fraction of sp³-hybridized carbons (Fsp3) is 0.100. The second-order valence-electron chi connectivity index (χ2n) is 2.84. The molecule has 2 nitrogen and oxygen atoms in total. The van der Waals surface area contributed by atoms with Gasteiger partial charge in [-0.1, -0.05) is 22.0 Å². The number of rotatable bonds is 2. The fourth-order valence-corrected chi connectivity index (χ4v) is 1.63. The van der Waals surface area contributed by atoms with Crippen LogP contribution in [0.1, 0.15) is 5.82 Å². The molecule has 1 heterocycles. The average Bonchev–Trinajstić information content (AvgIpc) is 2.46. The molecule has 0 saturated carbocycles. The molecule has 66 valence electrons. The summed E-state index contributed by atoms with van der Waals surface area (Å²) < 4.78 is 1.06. The highest BCUT2D eigenvalue weighted by atomic mass is 79.9. The number of imidazole rings is 1. The van der Waals surface area contributed by atoms with E-state index < -0.39 is 0 Å². The Morgan fingerprint density at radius 1 is 1.54 bits per heavy atom. The lowest BCUT2D eigenvalue weighted by Crippen LogP contribution is -1.81. The minimum absolute atomic E-state index is 0.784. The highest BCUT2D eigenvalue weighted by Gasteiger charge is 2.00. The van der Waals surface area contributed by atoms with E-state index in [1.807, 2.05) is 24.3 Å². The van der Waals surface area contributed by atoms with E-state index in [9.17, 15) is 0 Å². The predicted molar refractivity (Wildman–Crippen MR) is 57.7 cm³/mol. The maximum Gasteiger partial charge on any atom is 0.111 e. The molecule has 0 atom stereocenters. The van der Waals surface area contributed by atoms with E-state index in [4.69, 9.17) is 0 Å². The number of hydrogen-bond donors (Lipinski definition) is 1. The van der Waals surface area contributed by atoms with Crippen LogP contribution in [0.5, 0.6) is 0 Å². The number of benzene rings is 1. The molecule has 13 heavy (non-hydrogen) atoms. The fourth-order valence-electron chi connectivity index (χ4n) is 1.27. The van der Waals surface area contributed by atoms with Crippen LogP contribution in [0.3, 0.4) is 0 Å². The van der Waals surface area contributed by atoms with Crippen LogP contribution in [0.2, 0.25) is 0 Å². The Balaban J connectivity index is 2.55. The van der Waals surface area contributed by atoms with Gasteiger partial charge in [-0.3, -0.25) is 0 Å². The first-order valence-corrected chi connectivity index (χ1v) is 4.84. The van der Waals surface area contributed by atoms with Crippen molar-refractivity contribution in [2.45, 2.75) is 6.42 Å². The van der Waals surface area contributed by atoms with Crippen molar-refractivity contribution in [1.29, 1.82) is 0 Å². The molecule has 0 spiro atoms. The number of fused-ring (bicyclic) bond motifs is 1. The summed E-state index contributed by atoms with van der Waals surface area (Å²) in [5.41, 5.74) is 2.06. The van der Waals surface area contributed by atoms with E-state index in [0.29, 0.717) is 0 Å². The lowest BCUT2D eigenvalue weighted by molar-refractivity contribution is 1.07. The van der Waals surface area contributed by atoms with E-state index in [1.165, 1.54) is 0 Å². The van der Waals surface area contributed by atoms with Gasteiger partial charge in [0.25, 0.3) is 0 Å². The first kappa shape index (κ1) is 8.51. The summed E-state index contributed by atoms with van der Waals surface area (Å²) in [6.45, 7) is 3.67. The minimum atomic E-state index is 0.784. The van der Waals surface area contributed by atoms with E-state index >= 15 is 0 Å². The molecular formula is C10H9BrN2. The molecular weight excluding hydrogens is 228 g/mol. The van der Waals surface area contributed by atoms with Gasteiger partial charge < -0.3 is 4.98 Å². The Morgan fingerprint density at radius 2 is 2.38 bits per heavy atom. The Kier molecular flexibility index (Phi) is 2.19. The third kappa shape index (κ3) is 1.65. The van der Waals surface area contributed by atoms with Crippen LogP contribution < -0.4 is 0 Å². The molecule has 0 aliphatic rings. The van der Waals surface area contributed by atoms with Gasteiger partial charge in [-0.25, -0.2) is 4.98 Å². The Hall–Kier alpha value is -1.09. The standard InChI is InChI=1S/C10H9BrN2/c1-2-3-10-12-8-5-4-7(11)6-9(8)13-10/h2,4-6H,1,3H2,(H,12,13). The molecule has 0 radical (unpaired) electrons. The number of nitrogens with zero attached hydrogens (tertiary/aromatic N) is 1. The number of nitrogens with one attached hydrogen (secondary N) is 1. The normalized spacial score (nSPS) is 10.5. The monoisotopic (exact) mass is 236 g/mol. The third-order valence-corrected chi connectivity index (χ3v) is 2.32. The van der Waals surface area contributed by atoms with Crippen molar-refractivity contribution in [1.82, 2.24) is 9.97 Å². The highest BCUT2D eigenvalue weighted by molar-refractivity contribution is 9.10. The molecule has 0 amide bonds. The van der Waals surface area contributed by atoms with Crippen LogP contribution in [-0.4, -0.2) is 9.97 Å². The zero-order valence-electron chi connectivity index (χ0n) is 7.05. The highest BCUT2D eigenvalue weighted by Crippen LogP contribution is 2.17. The average molecular weight is 237 g/mol. The number of halogens is 1. The van der Waals surface area contributed by atoms with Crippen molar-refractivity contribution in [2.75, 3.05) is 0 Å². The topological polar surface area (TPSA) is 28.7 Å². The van der Waals surface area contributed by atoms with Crippen LogP contribution in [0.15, 0.2) is 35.3 Å². The minimum Gasteiger partial charge on any atom is -0.342 e. The van der Waals surface area contributed by atoms with Gasteiger partial charge in [0.1, 0.15) is 5.82 Å². The zero-order valence-corrected chi connectivity index (χ0v) is 8.63. The number of aromatic amines is 1. The third-order valence-electron chi connectivity index (χ3n) is 1.83. The molecule has 2 aromatic rings. The molecule has 1 aromatic heterocycles. The van der Waals surface area contributed by atoms with Gasteiger partial charge in [0.15, 0.2) is 0 Å². The van der Waals surface area contributed by atoms with Gasteiger partial charge >= 0.3 is 0 Å². The predicted octanol–water partition coefficient (Wildman–Crippen LogP) is 3.05. The maximum absolute atomic E-state index is 4.40. The first-order valence-electron chi connectivity index (χ1n) is 4.04. The zero-order chi connectivity index (χ0) is 9.26. The summed E-state index contributed by atoms with van der Waals surface area (Å²) in [5, 5.41) is 0. The Bertz CT molecular complexity index is 445. The summed E-state index contributed by atoms with van der Waals surface area (Å²) in [5.74, 6) is 0.961. The molecule has 3 heteroatoms. The summed E-state index contributed by atoms with van der Waals surface area (Å²) in [6, 6.07) is 6.00. The van der Waals surface area contributed by atoms with Crippen LogP contribution in [0, 0.1) is 0 Å². The van der Waals surface area contributed by atoms with Gasteiger partial charge in [0.2, 0.25) is 0 Å². The number of aromatic nitrogens is 2. The van der Waals surface area contributed by atoms with Crippen molar-refractivity contribution < 1.29 is 0 Å². The molecule has 0 unspecified atom stereocenters. The SMILES string of the molecule is C=CCc1nc2ccc(Br)cc2[nH]1. The van der Waals surface area contributed by atoms with Crippen LogP contribution in [-0.2, 0) is 6.42 Å². The molecule has 0 fully saturated rings. The smallest absolute Gasteiger partial charge is 0.111 e. The molecule has 0 aliphatic heterocycles. The van der Waals surface area contributed by atoms with Gasteiger partial charge in [-0.2, -0.15) is 0 Å². The van der Waals surface area contributed by atoms with Crippen molar-refractivity contribution >= 4 is 27.0 Å². The van der Waals surface area contributed by atoms with E-state index in [2.05, 4.69) is 32.5 Å². The molecule has 0 saturated heterocycles. The maximum atomic E-state index is 4.40. The summed E-state index contributed by atoms with van der Waals surface area (Å²) >= 11 is 3.41. The molecule has 0 bridgehead atoms.